The van der Waals surface area contributed by atoms with Crippen LogP contribution in [0.4, 0.5) is 0 Å². The highest BCUT2D eigenvalue weighted by molar-refractivity contribution is 5.92. The molecule has 1 N–H and O–H groups in total. The van der Waals surface area contributed by atoms with E-state index in [2.05, 4.69) is 15.4 Å². The van der Waals surface area contributed by atoms with Gasteiger partial charge in [-0.1, -0.05) is 5.21 Å². The van der Waals surface area contributed by atoms with Crippen molar-refractivity contribution < 1.29 is 0 Å². The Morgan fingerprint density at radius 2 is 2.21 bits per heavy atom. The van der Waals surface area contributed by atoms with E-state index in [0.717, 1.165) is 5.52 Å². The minimum Gasteiger partial charge on any atom is -0.323 e. The number of aromatic amines is 1. The first-order valence-electron chi connectivity index (χ1n) is 4.17. The number of nitrogens with zero attached hydrogens (tertiary/aromatic N) is 3. The van der Waals surface area contributed by atoms with Crippen LogP contribution in [-0.2, 0) is 0 Å². The first kappa shape index (κ1) is 7.25. The molecule has 0 fully saturated rings. The van der Waals surface area contributed by atoms with E-state index in [1.54, 1.807) is 6.07 Å². The number of nitrogens with one attached hydrogen (secondary N) is 1. The van der Waals surface area contributed by atoms with Crippen molar-refractivity contribution in [2.24, 2.45) is 0 Å². The van der Waals surface area contributed by atoms with Crippen molar-refractivity contribution in [3.63, 3.8) is 0 Å². The Labute approximate surface area is 78.0 Å². The monoisotopic (exact) mass is 186 g/mol. The van der Waals surface area contributed by atoms with Crippen LogP contribution in [0.3, 0.4) is 0 Å². The molecular formula is C9H6N4O. The van der Waals surface area contributed by atoms with Gasteiger partial charge in [-0.25, -0.2) is 5.10 Å². The van der Waals surface area contributed by atoms with Crippen LogP contribution < -0.4 is 5.56 Å². The van der Waals surface area contributed by atoms with Crippen molar-refractivity contribution in [1.29, 1.82) is 0 Å². The van der Waals surface area contributed by atoms with E-state index >= 15 is 0 Å². The van der Waals surface area contributed by atoms with E-state index in [1.807, 2.05) is 28.9 Å². The van der Waals surface area contributed by atoms with Crippen molar-refractivity contribution in [1.82, 2.24) is 19.8 Å². The van der Waals surface area contributed by atoms with E-state index in [-0.39, 0.29) is 5.56 Å². The third-order valence-corrected chi connectivity index (χ3v) is 2.22. The lowest BCUT2D eigenvalue weighted by Crippen LogP contribution is -2.10. The second-order valence-electron chi connectivity index (χ2n) is 3.02. The molecule has 0 aliphatic heterocycles. The second-order valence-corrected chi connectivity index (χ2v) is 3.02. The van der Waals surface area contributed by atoms with Crippen LogP contribution in [0.25, 0.3) is 16.4 Å². The number of rotatable bonds is 0. The van der Waals surface area contributed by atoms with Gasteiger partial charge in [0.25, 0.3) is 5.56 Å². The summed E-state index contributed by atoms with van der Waals surface area (Å²) in [6.45, 7) is 0. The highest BCUT2D eigenvalue weighted by atomic mass is 16.1. The minimum atomic E-state index is -0.209. The Kier molecular flexibility index (Phi) is 1.25. The Bertz CT molecular complexity index is 667. The summed E-state index contributed by atoms with van der Waals surface area (Å²) in [5.41, 5.74) is 1.25. The van der Waals surface area contributed by atoms with Crippen LogP contribution in [0.1, 0.15) is 0 Å². The molecule has 0 aliphatic carbocycles. The van der Waals surface area contributed by atoms with Crippen LogP contribution in [-0.4, -0.2) is 19.8 Å². The van der Waals surface area contributed by atoms with Gasteiger partial charge in [0.15, 0.2) is 0 Å². The summed E-state index contributed by atoms with van der Waals surface area (Å²) in [4.78, 5) is 11.5. The third-order valence-electron chi connectivity index (χ3n) is 2.22. The zero-order valence-corrected chi connectivity index (χ0v) is 7.14. The second kappa shape index (κ2) is 2.41. The standard InChI is InChI=1S/C9H6N4O/c14-9-8-6(10-12-11-9)3-5-13-4-1-2-7(8)13/h1-5H,(H,10,11,14). The first-order chi connectivity index (χ1) is 6.86. The fraction of sp³-hybridized carbons (Fsp3) is 0. The minimum absolute atomic E-state index is 0.209. The molecule has 0 saturated carbocycles. The Morgan fingerprint density at radius 1 is 1.29 bits per heavy atom. The molecule has 3 aromatic rings. The molecule has 14 heavy (non-hydrogen) atoms. The van der Waals surface area contributed by atoms with Crippen LogP contribution in [0.15, 0.2) is 35.4 Å². The fourth-order valence-corrected chi connectivity index (χ4v) is 1.60. The van der Waals surface area contributed by atoms with Gasteiger partial charge in [0, 0.05) is 12.4 Å². The molecule has 3 rings (SSSR count). The van der Waals surface area contributed by atoms with Crippen molar-refractivity contribution in [2.45, 2.75) is 0 Å². The van der Waals surface area contributed by atoms with Gasteiger partial charge in [-0.2, -0.15) is 0 Å². The quantitative estimate of drug-likeness (QED) is 0.558. The number of fused-ring (bicyclic) bond motifs is 3. The van der Waals surface area contributed by atoms with Gasteiger partial charge in [-0.05, 0) is 18.2 Å². The molecule has 3 heterocycles. The van der Waals surface area contributed by atoms with Crippen LogP contribution in [0.5, 0.6) is 0 Å². The van der Waals surface area contributed by atoms with E-state index in [0.29, 0.717) is 10.9 Å². The van der Waals surface area contributed by atoms with E-state index in [1.165, 1.54) is 0 Å². The molecule has 5 nitrogen and oxygen atoms in total. The molecule has 68 valence electrons. The Hall–Kier alpha value is -2.17. The summed E-state index contributed by atoms with van der Waals surface area (Å²) in [7, 11) is 0. The summed E-state index contributed by atoms with van der Waals surface area (Å²) >= 11 is 0. The lowest BCUT2D eigenvalue weighted by Gasteiger charge is -1.97. The first-order valence-corrected chi connectivity index (χ1v) is 4.17. The zero-order chi connectivity index (χ0) is 9.54. The number of hydrogen-bond acceptors (Lipinski definition) is 3. The third kappa shape index (κ3) is 0.806. The lowest BCUT2D eigenvalue weighted by molar-refractivity contribution is 0.871. The van der Waals surface area contributed by atoms with Crippen molar-refractivity contribution in [3.8, 4) is 0 Å². The number of H-pyrrole nitrogens is 1. The predicted molar refractivity (Wildman–Crippen MR) is 51.1 cm³/mol. The van der Waals surface area contributed by atoms with E-state index < -0.39 is 0 Å². The molecule has 0 unspecified atom stereocenters. The normalized spacial score (nSPS) is 11.1. The zero-order valence-electron chi connectivity index (χ0n) is 7.14. The molecule has 0 aromatic carbocycles. The fourth-order valence-electron chi connectivity index (χ4n) is 1.60. The predicted octanol–water partition coefficient (Wildman–Crippen LogP) is 0.571. The topological polar surface area (TPSA) is 63.0 Å². The van der Waals surface area contributed by atoms with Gasteiger partial charge < -0.3 is 4.40 Å². The molecule has 0 radical (unpaired) electrons. The van der Waals surface area contributed by atoms with E-state index in [9.17, 15) is 4.79 Å². The summed E-state index contributed by atoms with van der Waals surface area (Å²) < 4.78 is 1.87. The largest absolute Gasteiger partial charge is 0.323 e. The van der Waals surface area contributed by atoms with Crippen LogP contribution in [0, 0.1) is 0 Å². The molecule has 0 atom stereocenters. The SMILES string of the molecule is O=c1[nH]nnc2ccn3cccc3c12. The summed E-state index contributed by atoms with van der Waals surface area (Å²) in [6, 6.07) is 5.53. The van der Waals surface area contributed by atoms with Crippen molar-refractivity contribution in [3.05, 3.63) is 40.9 Å². The Balaban J connectivity index is 2.74. The molecule has 0 spiro atoms. The molecule has 0 aliphatic rings. The van der Waals surface area contributed by atoms with Crippen molar-refractivity contribution >= 4 is 16.4 Å². The Morgan fingerprint density at radius 3 is 3.14 bits per heavy atom. The van der Waals surface area contributed by atoms with Crippen LogP contribution in [0.2, 0.25) is 0 Å². The maximum absolute atomic E-state index is 11.5. The van der Waals surface area contributed by atoms with Gasteiger partial charge in [-0.3, -0.25) is 4.79 Å². The molecule has 3 aromatic heterocycles. The lowest BCUT2D eigenvalue weighted by atomic mass is 10.3. The average molecular weight is 186 g/mol. The summed E-state index contributed by atoms with van der Waals surface area (Å²) in [5, 5.41) is 10.3. The number of aromatic nitrogens is 4. The highest BCUT2D eigenvalue weighted by Gasteiger charge is 2.04. The molecule has 5 heteroatoms. The van der Waals surface area contributed by atoms with Gasteiger partial charge >= 0.3 is 0 Å². The van der Waals surface area contributed by atoms with E-state index in [4.69, 9.17) is 0 Å². The van der Waals surface area contributed by atoms with Gasteiger partial charge in [0.2, 0.25) is 0 Å². The van der Waals surface area contributed by atoms with Gasteiger partial charge in [0.1, 0.15) is 5.52 Å². The molecule has 0 bridgehead atoms. The smallest absolute Gasteiger partial charge is 0.277 e. The molecule has 0 saturated heterocycles. The average Bonchev–Trinajstić information content (AvgIpc) is 2.65. The highest BCUT2D eigenvalue weighted by Crippen LogP contribution is 2.13. The van der Waals surface area contributed by atoms with Gasteiger partial charge in [0.05, 0.1) is 10.9 Å². The maximum Gasteiger partial charge on any atom is 0.277 e. The number of pyridine rings is 1. The summed E-state index contributed by atoms with van der Waals surface area (Å²) in [6.07, 6.45) is 3.74. The molecular weight excluding hydrogens is 180 g/mol. The summed E-state index contributed by atoms with van der Waals surface area (Å²) in [5.74, 6) is 0. The van der Waals surface area contributed by atoms with Crippen LogP contribution >= 0.6 is 0 Å². The van der Waals surface area contributed by atoms with Crippen molar-refractivity contribution in [2.75, 3.05) is 0 Å². The molecule has 0 amide bonds. The maximum atomic E-state index is 11.5. The van der Waals surface area contributed by atoms with Gasteiger partial charge in [-0.15, -0.1) is 5.10 Å². The number of hydrogen-bond donors (Lipinski definition) is 1.